The lowest BCUT2D eigenvalue weighted by molar-refractivity contribution is -0.120. The molecule has 2 aromatic heterocycles. The first-order chi connectivity index (χ1) is 14.7. The van der Waals surface area contributed by atoms with Crippen LogP contribution in [0, 0.1) is 26.7 Å². The lowest BCUT2D eigenvalue weighted by Gasteiger charge is -2.31. The van der Waals surface area contributed by atoms with E-state index >= 15 is 0 Å². The molecule has 0 unspecified atom stereocenters. The number of sulfonamides is 1. The number of rotatable bonds is 5. The Bertz CT molecular complexity index is 1200. The molecule has 1 fully saturated rings. The van der Waals surface area contributed by atoms with Gasteiger partial charge in [-0.25, -0.2) is 8.42 Å². The summed E-state index contributed by atoms with van der Waals surface area (Å²) in [5, 5.41) is 6.78. The number of thiophene rings is 1. The maximum absolute atomic E-state index is 13.4. The van der Waals surface area contributed by atoms with Crippen molar-refractivity contribution in [1.82, 2.24) is 14.4 Å². The molecule has 1 aromatic carbocycles. The maximum Gasteiger partial charge on any atom is 0.244 e. The molecule has 164 valence electrons. The van der Waals surface area contributed by atoms with Crippen LogP contribution in [0.15, 0.2) is 39.8 Å². The molecule has 0 radical (unpaired) electrons. The normalized spacial score (nSPS) is 17.6. The first-order valence-electron chi connectivity index (χ1n) is 10.0. The van der Waals surface area contributed by atoms with Crippen molar-refractivity contribution in [1.29, 1.82) is 0 Å². The van der Waals surface area contributed by atoms with Crippen LogP contribution in [-0.4, -0.2) is 41.9 Å². The number of carbonyl (C=O) groups excluding carboxylic acids is 1. The molecule has 1 saturated heterocycles. The molecular formula is C21H24N4O4S2. The van der Waals surface area contributed by atoms with Gasteiger partial charge in [0.15, 0.2) is 0 Å². The van der Waals surface area contributed by atoms with Crippen LogP contribution in [-0.2, 0) is 14.8 Å². The van der Waals surface area contributed by atoms with Crippen molar-refractivity contribution < 1.29 is 17.7 Å². The van der Waals surface area contributed by atoms with E-state index in [1.807, 2.05) is 31.2 Å². The highest BCUT2D eigenvalue weighted by Crippen LogP contribution is 2.35. The molecule has 1 amide bonds. The Labute approximate surface area is 185 Å². The number of piperidine rings is 1. The Morgan fingerprint density at radius 3 is 2.65 bits per heavy atom. The van der Waals surface area contributed by atoms with Gasteiger partial charge in [-0.1, -0.05) is 22.9 Å². The molecule has 1 aliphatic heterocycles. The number of hydrogen-bond acceptors (Lipinski definition) is 7. The van der Waals surface area contributed by atoms with Gasteiger partial charge in [0, 0.05) is 30.6 Å². The first kappa shape index (κ1) is 21.7. The lowest BCUT2D eigenvalue weighted by Crippen LogP contribution is -2.43. The number of amides is 1. The molecule has 31 heavy (non-hydrogen) atoms. The minimum atomic E-state index is -3.74. The van der Waals surface area contributed by atoms with E-state index < -0.39 is 15.9 Å². The monoisotopic (exact) mass is 460 g/mol. The zero-order valence-electron chi connectivity index (χ0n) is 17.6. The quantitative estimate of drug-likeness (QED) is 0.621. The number of nitrogens with zero attached hydrogens (tertiary/aromatic N) is 3. The van der Waals surface area contributed by atoms with E-state index in [2.05, 4.69) is 15.5 Å². The van der Waals surface area contributed by atoms with E-state index in [9.17, 15) is 13.2 Å². The number of aryl methyl sites for hydroxylation is 3. The van der Waals surface area contributed by atoms with E-state index in [-0.39, 0.29) is 17.3 Å². The molecule has 0 saturated carbocycles. The number of carbonyl (C=O) groups is 1. The van der Waals surface area contributed by atoms with Crippen molar-refractivity contribution >= 4 is 33.0 Å². The average Bonchev–Trinajstić information content (AvgIpc) is 3.35. The zero-order valence-corrected chi connectivity index (χ0v) is 19.2. The van der Waals surface area contributed by atoms with Crippen LogP contribution in [0.5, 0.6) is 0 Å². The summed E-state index contributed by atoms with van der Waals surface area (Å²) in [6, 6.07) is 9.14. The fourth-order valence-corrected chi connectivity index (χ4v) is 6.64. The van der Waals surface area contributed by atoms with Crippen LogP contribution < -0.4 is 5.32 Å². The third-order valence-corrected chi connectivity index (χ3v) is 8.48. The van der Waals surface area contributed by atoms with Crippen LogP contribution in [0.3, 0.4) is 0 Å². The van der Waals surface area contributed by atoms with Crippen molar-refractivity contribution in [3.05, 3.63) is 46.7 Å². The Kier molecular flexibility index (Phi) is 5.96. The van der Waals surface area contributed by atoms with E-state index in [0.29, 0.717) is 46.5 Å². The molecule has 3 aromatic rings. The lowest BCUT2D eigenvalue weighted by atomic mass is 9.98. The predicted molar refractivity (Wildman–Crippen MR) is 118 cm³/mol. The standard InChI is InChI=1S/C21H24N4O4S2/c1-13-6-8-17(9-7-13)23-21(26)16-5-4-10-25(12-16)31(27,28)19-11-18(30-14(19)2)20-22-15(3)29-24-20/h6-9,11,16H,4-5,10,12H2,1-3H3,(H,23,26)/t16-/m1/s1. The number of hydrogen-bond donors (Lipinski definition) is 1. The summed E-state index contributed by atoms with van der Waals surface area (Å²) in [5.74, 6) is 0.238. The fourth-order valence-electron chi connectivity index (χ4n) is 3.63. The number of benzene rings is 1. The van der Waals surface area contributed by atoms with Crippen LogP contribution in [0.4, 0.5) is 5.69 Å². The van der Waals surface area contributed by atoms with Gasteiger partial charge in [-0.3, -0.25) is 4.79 Å². The summed E-state index contributed by atoms with van der Waals surface area (Å²) in [7, 11) is -3.74. The van der Waals surface area contributed by atoms with Crippen LogP contribution in [0.1, 0.15) is 29.2 Å². The molecule has 0 bridgehead atoms. The van der Waals surface area contributed by atoms with Crippen molar-refractivity contribution in [2.75, 3.05) is 18.4 Å². The highest BCUT2D eigenvalue weighted by molar-refractivity contribution is 7.89. The molecule has 3 heterocycles. The van der Waals surface area contributed by atoms with Crippen molar-refractivity contribution in [2.45, 2.75) is 38.5 Å². The SMILES string of the molecule is Cc1ccc(NC(=O)[C@@H]2CCCN(S(=O)(=O)c3cc(-c4noc(C)n4)sc3C)C2)cc1. The average molecular weight is 461 g/mol. The van der Waals surface area contributed by atoms with Gasteiger partial charge in [0.2, 0.25) is 27.6 Å². The summed E-state index contributed by atoms with van der Waals surface area (Å²) in [5.41, 5.74) is 1.82. The maximum atomic E-state index is 13.4. The van der Waals surface area contributed by atoms with E-state index in [0.717, 1.165) is 5.56 Å². The van der Waals surface area contributed by atoms with Gasteiger partial charge in [-0.05, 0) is 44.9 Å². The molecule has 0 spiro atoms. The van der Waals surface area contributed by atoms with Gasteiger partial charge < -0.3 is 9.84 Å². The second kappa shape index (κ2) is 8.52. The minimum absolute atomic E-state index is 0.159. The van der Waals surface area contributed by atoms with Gasteiger partial charge in [0.1, 0.15) is 0 Å². The van der Waals surface area contributed by atoms with Gasteiger partial charge in [-0.15, -0.1) is 11.3 Å². The highest BCUT2D eigenvalue weighted by atomic mass is 32.2. The summed E-state index contributed by atoms with van der Waals surface area (Å²) in [6.45, 7) is 5.98. The molecule has 4 rings (SSSR count). The van der Waals surface area contributed by atoms with Crippen LogP contribution in [0.25, 0.3) is 10.7 Å². The smallest absolute Gasteiger partial charge is 0.244 e. The topological polar surface area (TPSA) is 105 Å². The molecule has 1 N–H and O–H groups in total. The van der Waals surface area contributed by atoms with Gasteiger partial charge >= 0.3 is 0 Å². The Balaban J connectivity index is 1.51. The van der Waals surface area contributed by atoms with E-state index in [1.54, 1.807) is 19.9 Å². The molecule has 10 heteroatoms. The number of anilines is 1. The third kappa shape index (κ3) is 4.56. The zero-order chi connectivity index (χ0) is 22.2. The highest BCUT2D eigenvalue weighted by Gasteiger charge is 2.35. The van der Waals surface area contributed by atoms with Crippen LogP contribution >= 0.6 is 11.3 Å². The number of aromatic nitrogens is 2. The molecule has 8 nitrogen and oxygen atoms in total. The first-order valence-corrected chi connectivity index (χ1v) is 12.3. The summed E-state index contributed by atoms with van der Waals surface area (Å²) < 4.78 is 33.1. The summed E-state index contributed by atoms with van der Waals surface area (Å²) in [6.07, 6.45) is 1.28. The molecule has 1 aliphatic rings. The van der Waals surface area contributed by atoms with E-state index in [1.165, 1.54) is 15.6 Å². The van der Waals surface area contributed by atoms with Crippen molar-refractivity contribution in [3.8, 4) is 10.7 Å². The van der Waals surface area contributed by atoms with Crippen molar-refractivity contribution in [2.24, 2.45) is 5.92 Å². The molecule has 1 atom stereocenters. The molecule has 0 aliphatic carbocycles. The van der Waals surface area contributed by atoms with Gasteiger partial charge in [-0.2, -0.15) is 9.29 Å². The van der Waals surface area contributed by atoms with Crippen molar-refractivity contribution in [3.63, 3.8) is 0 Å². The Morgan fingerprint density at radius 2 is 1.97 bits per heavy atom. The second-order valence-corrected chi connectivity index (χ2v) is 10.9. The summed E-state index contributed by atoms with van der Waals surface area (Å²) in [4.78, 5) is 18.5. The minimum Gasteiger partial charge on any atom is -0.339 e. The Morgan fingerprint density at radius 1 is 1.23 bits per heavy atom. The summed E-state index contributed by atoms with van der Waals surface area (Å²) >= 11 is 1.31. The Hall–Kier alpha value is -2.56. The third-order valence-electron chi connectivity index (χ3n) is 5.31. The fraction of sp³-hybridized carbons (Fsp3) is 0.381. The number of nitrogens with one attached hydrogen (secondary N) is 1. The predicted octanol–water partition coefficient (Wildman–Crippen LogP) is 3.76. The largest absolute Gasteiger partial charge is 0.339 e. The van der Waals surface area contributed by atoms with Crippen LogP contribution in [0.2, 0.25) is 0 Å². The van der Waals surface area contributed by atoms with E-state index in [4.69, 9.17) is 4.52 Å². The van der Waals surface area contributed by atoms with Gasteiger partial charge in [0.25, 0.3) is 0 Å². The molecular weight excluding hydrogens is 436 g/mol. The second-order valence-electron chi connectivity index (χ2n) is 7.73. The van der Waals surface area contributed by atoms with Gasteiger partial charge in [0.05, 0.1) is 15.7 Å².